The minimum Gasteiger partial charge on any atom is -0.329 e. The summed E-state index contributed by atoms with van der Waals surface area (Å²) in [5.41, 5.74) is 5.24. The third kappa shape index (κ3) is 3.41. The smallest absolute Gasteiger partial charge is 0.279 e. The van der Waals surface area contributed by atoms with Gasteiger partial charge in [0.2, 0.25) is 0 Å². The first-order valence-electron chi connectivity index (χ1n) is 5.72. The third-order valence-corrected chi connectivity index (χ3v) is 4.99. The highest BCUT2D eigenvalue weighted by atomic mass is 32.2. The highest BCUT2D eigenvalue weighted by molar-refractivity contribution is 7.87. The normalized spacial score (nSPS) is 13.8. The molecule has 0 aromatic heterocycles. The van der Waals surface area contributed by atoms with Gasteiger partial charge in [0.1, 0.15) is 0 Å². The Morgan fingerprint density at radius 1 is 1.31 bits per heavy atom. The van der Waals surface area contributed by atoms with Crippen molar-refractivity contribution in [2.24, 2.45) is 5.73 Å². The lowest BCUT2D eigenvalue weighted by Gasteiger charge is -2.39. The molecule has 5 nitrogen and oxygen atoms in total. The van der Waals surface area contributed by atoms with Crippen molar-refractivity contribution in [1.29, 1.82) is 0 Å². The van der Waals surface area contributed by atoms with E-state index in [1.165, 1.54) is 4.31 Å². The summed E-state index contributed by atoms with van der Waals surface area (Å²) in [6.07, 6.45) is 1.41. The average Bonchev–Trinajstić information content (AvgIpc) is 2.19. The van der Waals surface area contributed by atoms with E-state index in [0.29, 0.717) is 19.4 Å². The predicted octanol–water partition coefficient (Wildman–Crippen LogP) is 0.679. The van der Waals surface area contributed by atoms with Gasteiger partial charge in [-0.05, 0) is 26.7 Å². The van der Waals surface area contributed by atoms with Crippen LogP contribution in [0.5, 0.6) is 0 Å². The zero-order chi connectivity index (χ0) is 13.0. The highest BCUT2D eigenvalue weighted by Crippen LogP contribution is 2.23. The zero-order valence-corrected chi connectivity index (χ0v) is 11.8. The van der Waals surface area contributed by atoms with Crippen LogP contribution >= 0.6 is 0 Å². The van der Waals surface area contributed by atoms with Crippen LogP contribution in [0.4, 0.5) is 0 Å². The lowest BCUT2D eigenvalue weighted by Crippen LogP contribution is -2.57. The monoisotopic (exact) mass is 251 g/mol. The van der Waals surface area contributed by atoms with E-state index in [1.807, 2.05) is 13.8 Å². The maximum absolute atomic E-state index is 12.0. The van der Waals surface area contributed by atoms with Crippen LogP contribution in [0.2, 0.25) is 0 Å². The quantitative estimate of drug-likeness (QED) is 0.698. The maximum atomic E-state index is 12.0. The molecule has 0 radical (unpaired) electrons. The average molecular weight is 251 g/mol. The van der Waals surface area contributed by atoms with Crippen LogP contribution in [0.1, 0.15) is 40.5 Å². The SMILES string of the molecule is CCC(CC)(CN)N(C)S(=O)(=O)NC(C)C. The van der Waals surface area contributed by atoms with Crippen LogP contribution < -0.4 is 10.5 Å². The summed E-state index contributed by atoms with van der Waals surface area (Å²) in [6, 6.07) is -0.114. The molecule has 0 rings (SSSR count). The molecule has 0 saturated heterocycles. The number of hydrogen-bond donors (Lipinski definition) is 2. The van der Waals surface area contributed by atoms with Crippen LogP contribution in [0.3, 0.4) is 0 Å². The fourth-order valence-corrected chi connectivity index (χ4v) is 3.34. The Balaban J connectivity index is 5.08. The largest absolute Gasteiger partial charge is 0.329 e. The number of nitrogens with one attached hydrogen (secondary N) is 1. The fourth-order valence-electron chi connectivity index (χ4n) is 1.74. The fraction of sp³-hybridized carbons (Fsp3) is 1.00. The van der Waals surface area contributed by atoms with Crippen molar-refractivity contribution >= 4 is 10.2 Å². The molecule has 0 heterocycles. The summed E-state index contributed by atoms with van der Waals surface area (Å²) in [5.74, 6) is 0. The van der Waals surface area contributed by atoms with Gasteiger partial charge in [0.15, 0.2) is 0 Å². The summed E-state index contributed by atoms with van der Waals surface area (Å²) < 4.78 is 28.0. The standard InChI is InChI=1S/C10H25N3O2S/c1-6-10(7-2,8-11)13(5)16(14,15)12-9(3)4/h9,12H,6-8,11H2,1-5H3. The molecule has 0 saturated carbocycles. The molecular weight excluding hydrogens is 226 g/mol. The molecule has 0 aliphatic heterocycles. The Morgan fingerprint density at radius 2 is 1.75 bits per heavy atom. The van der Waals surface area contributed by atoms with Crippen LogP contribution in [0.15, 0.2) is 0 Å². The van der Waals surface area contributed by atoms with Gasteiger partial charge in [-0.25, -0.2) is 0 Å². The number of hydrogen-bond acceptors (Lipinski definition) is 3. The lowest BCUT2D eigenvalue weighted by molar-refractivity contribution is 0.205. The number of likely N-dealkylation sites (N-methyl/N-ethyl adjacent to an activating group) is 1. The molecule has 0 amide bonds. The summed E-state index contributed by atoms with van der Waals surface area (Å²) in [7, 11) is -1.86. The van der Waals surface area contributed by atoms with Crippen LogP contribution in [-0.4, -0.2) is 37.9 Å². The van der Waals surface area contributed by atoms with E-state index in [9.17, 15) is 8.42 Å². The molecule has 0 bridgehead atoms. The first-order chi connectivity index (χ1) is 7.25. The van der Waals surface area contributed by atoms with Gasteiger partial charge in [-0.15, -0.1) is 0 Å². The molecule has 6 heteroatoms. The Bertz CT molecular complexity index is 289. The van der Waals surface area contributed by atoms with Gasteiger partial charge in [0.25, 0.3) is 10.2 Å². The van der Waals surface area contributed by atoms with E-state index in [-0.39, 0.29) is 6.04 Å². The molecule has 0 aliphatic rings. The Morgan fingerprint density at radius 3 is 2.00 bits per heavy atom. The van der Waals surface area contributed by atoms with Gasteiger partial charge < -0.3 is 5.73 Å². The van der Waals surface area contributed by atoms with Crippen molar-refractivity contribution in [3.05, 3.63) is 0 Å². The van der Waals surface area contributed by atoms with Gasteiger partial charge >= 0.3 is 0 Å². The van der Waals surface area contributed by atoms with Crippen LogP contribution in [0.25, 0.3) is 0 Å². The molecule has 0 unspecified atom stereocenters. The summed E-state index contributed by atoms with van der Waals surface area (Å²) in [6.45, 7) is 7.84. The molecule has 0 aliphatic carbocycles. The Hall–Kier alpha value is -0.170. The number of rotatable bonds is 7. The number of nitrogens with two attached hydrogens (primary N) is 1. The van der Waals surface area contributed by atoms with E-state index in [4.69, 9.17) is 5.73 Å². The first-order valence-corrected chi connectivity index (χ1v) is 7.16. The summed E-state index contributed by atoms with van der Waals surface area (Å²) >= 11 is 0. The van der Waals surface area contributed by atoms with Gasteiger partial charge in [-0.1, -0.05) is 13.8 Å². The Labute approximate surface area is 99.6 Å². The highest BCUT2D eigenvalue weighted by Gasteiger charge is 2.37. The molecule has 3 N–H and O–H groups in total. The zero-order valence-electron chi connectivity index (χ0n) is 10.9. The van der Waals surface area contributed by atoms with Crippen LogP contribution in [0, 0.1) is 0 Å². The van der Waals surface area contributed by atoms with Crippen molar-refractivity contribution in [2.45, 2.75) is 52.1 Å². The second kappa shape index (κ2) is 5.95. The van der Waals surface area contributed by atoms with Crippen LogP contribution in [-0.2, 0) is 10.2 Å². The minimum atomic E-state index is -3.45. The second-order valence-corrected chi connectivity index (χ2v) is 6.11. The molecule has 0 aromatic rings. The van der Waals surface area contributed by atoms with E-state index >= 15 is 0 Å². The maximum Gasteiger partial charge on any atom is 0.279 e. The lowest BCUT2D eigenvalue weighted by atomic mass is 9.93. The molecule has 98 valence electrons. The second-order valence-electron chi connectivity index (χ2n) is 4.38. The van der Waals surface area contributed by atoms with E-state index < -0.39 is 15.7 Å². The summed E-state index contributed by atoms with van der Waals surface area (Å²) in [4.78, 5) is 0. The number of nitrogens with zero attached hydrogens (tertiary/aromatic N) is 1. The predicted molar refractivity (Wildman–Crippen MR) is 67.3 cm³/mol. The molecule has 0 aromatic carbocycles. The minimum absolute atomic E-state index is 0.114. The van der Waals surface area contributed by atoms with Crippen molar-refractivity contribution in [2.75, 3.05) is 13.6 Å². The molecular formula is C10H25N3O2S. The van der Waals surface area contributed by atoms with E-state index in [0.717, 1.165) is 0 Å². The first kappa shape index (κ1) is 15.8. The molecule has 0 fully saturated rings. The van der Waals surface area contributed by atoms with E-state index in [2.05, 4.69) is 4.72 Å². The van der Waals surface area contributed by atoms with Gasteiger partial charge in [-0.2, -0.15) is 17.4 Å². The van der Waals surface area contributed by atoms with Crippen molar-refractivity contribution in [1.82, 2.24) is 9.03 Å². The van der Waals surface area contributed by atoms with E-state index in [1.54, 1.807) is 20.9 Å². The van der Waals surface area contributed by atoms with Gasteiger partial charge in [-0.3, -0.25) is 0 Å². The van der Waals surface area contributed by atoms with Crippen molar-refractivity contribution in [3.8, 4) is 0 Å². The summed E-state index contributed by atoms with van der Waals surface area (Å²) in [5, 5.41) is 0. The van der Waals surface area contributed by atoms with Crippen molar-refractivity contribution < 1.29 is 8.42 Å². The topological polar surface area (TPSA) is 75.4 Å². The third-order valence-electron chi connectivity index (χ3n) is 3.11. The molecule has 0 atom stereocenters. The molecule has 16 heavy (non-hydrogen) atoms. The Kier molecular flexibility index (Phi) is 5.89. The van der Waals surface area contributed by atoms with Gasteiger partial charge in [0.05, 0.1) is 0 Å². The van der Waals surface area contributed by atoms with Crippen molar-refractivity contribution in [3.63, 3.8) is 0 Å². The van der Waals surface area contributed by atoms with Gasteiger partial charge in [0, 0.05) is 25.2 Å². The molecule has 0 spiro atoms.